The first kappa shape index (κ1) is 58.1. The predicted octanol–water partition coefficient (Wildman–Crippen LogP) is 16.4. The lowest BCUT2D eigenvalue weighted by Gasteiger charge is -2.39. The van der Waals surface area contributed by atoms with Crippen LogP contribution in [0.5, 0.6) is 0 Å². The first-order valence-electron chi connectivity index (χ1n) is 23.0. The summed E-state index contributed by atoms with van der Waals surface area (Å²) in [5.41, 5.74) is -0.831. The van der Waals surface area contributed by atoms with E-state index in [2.05, 4.69) is 128 Å². The fourth-order valence-corrected chi connectivity index (χ4v) is 8.17. The maximum absolute atomic E-state index is 13.2. The molecule has 330 valence electrons. The minimum atomic E-state index is -0.820. The lowest BCUT2D eigenvalue weighted by Crippen LogP contribution is -2.37. The molecule has 4 aliphatic rings. The number of hydrogen-bond donors (Lipinski definition) is 0. The fourth-order valence-electron chi connectivity index (χ4n) is 8.17. The smallest absolute Gasteiger partial charge is 0.111 e. The molecule has 0 aliphatic heterocycles. The van der Waals surface area contributed by atoms with Crippen LogP contribution in [0.3, 0.4) is 0 Å². The van der Waals surface area contributed by atoms with Gasteiger partial charge >= 0.3 is 0 Å². The molecule has 0 aromatic rings. The molecule has 0 heterocycles. The first-order valence-corrected chi connectivity index (χ1v) is 23.0. The van der Waals surface area contributed by atoms with Crippen LogP contribution < -0.4 is 0 Å². The Kier molecular flexibility index (Phi) is 33.1. The number of halogens is 2. The maximum Gasteiger partial charge on any atom is 0.111 e. The van der Waals surface area contributed by atoms with E-state index >= 15 is 0 Å². The third-order valence-corrected chi connectivity index (χ3v) is 11.3. The van der Waals surface area contributed by atoms with Gasteiger partial charge in [-0.1, -0.05) is 123 Å². The molecule has 0 bridgehead atoms. The second-order valence-corrected chi connectivity index (χ2v) is 21.9. The Hall–Kier alpha value is -0.220. The van der Waals surface area contributed by atoms with E-state index in [1.54, 1.807) is 6.92 Å². The van der Waals surface area contributed by atoms with Crippen LogP contribution >= 0.6 is 0 Å². The molecule has 0 spiro atoms. The van der Waals surface area contributed by atoms with E-state index in [1.807, 2.05) is 0 Å². The Balaban J connectivity index is -0.000000577. The van der Waals surface area contributed by atoms with Gasteiger partial charge in [-0.15, -0.1) is 0 Å². The summed E-state index contributed by atoms with van der Waals surface area (Å²) in [5.74, 6) is 6.58. The van der Waals surface area contributed by atoms with Gasteiger partial charge in [-0.2, -0.15) is 0 Å². The van der Waals surface area contributed by atoms with Gasteiger partial charge in [0.25, 0.3) is 0 Å². The van der Waals surface area contributed by atoms with E-state index in [1.165, 1.54) is 90.1 Å². The molecule has 0 radical (unpaired) electrons. The van der Waals surface area contributed by atoms with Gasteiger partial charge in [-0.25, -0.2) is 8.78 Å². The average molecular weight is 773 g/mol. The van der Waals surface area contributed by atoms with E-state index in [0.717, 1.165) is 79.4 Å². The summed E-state index contributed by atoms with van der Waals surface area (Å²) in [7, 11) is 8.48. The normalized spacial score (nSPS) is 22.1. The molecule has 2 nitrogen and oxygen atoms in total. The van der Waals surface area contributed by atoms with Crippen LogP contribution in [-0.2, 0) is 0 Å². The van der Waals surface area contributed by atoms with Gasteiger partial charge in [-0.3, -0.25) is 0 Å². The largest absolute Gasteiger partial charge is 0.309 e. The number of rotatable bonds is 15. The second-order valence-electron chi connectivity index (χ2n) is 21.9. The predicted molar refractivity (Wildman–Crippen MR) is 244 cm³/mol. The molecule has 4 heteroatoms. The Morgan fingerprint density at radius 1 is 0.519 bits per heavy atom. The highest BCUT2D eigenvalue weighted by atomic mass is 19.1. The monoisotopic (exact) mass is 773 g/mol. The Bertz CT molecular complexity index is 764. The van der Waals surface area contributed by atoms with Crippen molar-refractivity contribution in [2.45, 2.75) is 231 Å². The minimum Gasteiger partial charge on any atom is -0.309 e. The first-order chi connectivity index (χ1) is 24.3. The van der Waals surface area contributed by atoms with Crippen molar-refractivity contribution in [1.29, 1.82) is 0 Å². The van der Waals surface area contributed by atoms with Crippen LogP contribution in [0, 0.1) is 52.8 Å². The molecule has 4 rings (SSSR count). The zero-order valence-electron chi connectivity index (χ0n) is 39.9. The number of hydrogen-bond acceptors (Lipinski definition) is 2. The molecule has 0 atom stereocenters. The molecule has 0 aromatic carbocycles. The van der Waals surface area contributed by atoms with Crippen LogP contribution in [0.2, 0.25) is 0 Å². The van der Waals surface area contributed by atoms with Gasteiger partial charge in [-0.05, 0) is 191 Å². The van der Waals surface area contributed by atoms with E-state index in [-0.39, 0.29) is 7.43 Å². The Morgan fingerprint density at radius 3 is 1.13 bits per heavy atom. The summed E-state index contributed by atoms with van der Waals surface area (Å²) in [5, 5.41) is 0. The molecular formula is C50H106F2N2. The quantitative estimate of drug-likeness (QED) is 0.164. The van der Waals surface area contributed by atoms with Crippen molar-refractivity contribution in [3.8, 4) is 0 Å². The molecule has 4 aliphatic carbocycles. The molecule has 0 N–H and O–H groups in total. The maximum atomic E-state index is 13.2. The molecule has 0 saturated heterocycles. The van der Waals surface area contributed by atoms with Crippen molar-refractivity contribution in [3.05, 3.63) is 0 Å². The molecule has 54 heavy (non-hydrogen) atoms. The minimum absolute atomic E-state index is 0. The summed E-state index contributed by atoms with van der Waals surface area (Å²) in [6.45, 7) is 33.5. The third kappa shape index (κ3) is 36.1. The van der Waals surface area contributed by atoms with E-state index in [9.17, 15) is 8.78 Å². The van der Waals surface area contributed by atoms with Crippen molar-refractivity contribution >= 4 is 0 Å². The van der Waals surface area contributed by atoms with Gasteiger partial charge in [0.1, 0.15) is 11.3 Å². The van der Waals surface area contributed by atoms with Crippen LogP contribution in [-0.4, -0.2) is 62.4 Å². The van der Waals surface area contributed by atoms with Gasteiger partial charge in [0, 0.05) is 0 Å². The topological polar surface area (TPSA) is 6.48 Å². The van der Waals surface area contributed by atoms with E-state index in [0.29, 0.717) is 11.8 Å². The van der Waals surface area contributed by atoms with Gasteiger partial charge in [0.15, 0.2) is 0 Å². The van der Waals surface area contributed by atoms with Crippen molar-refractivity contribution in [3.63, 3.8) is 0 Å². The average Bonchev–Trinajstić information content (AvgIpc) is 2.92. The summed E-state index contributed by atoms with van der Waals surface area (Å²) in [6.07, 6.45) is 22.2. The van der Waals surface area contributed by atoms with Crippen LogP contribution in [0.15, 0.2) is 0 Å². The Labute approximate surface area is 342 Å². The number of nitrogens with zero attached hydrogens (tertiary/aromatic N) is 2. The highest BCUT2D eigenvalue weighted by molar-refractivity contribution is 4.91. The molecular weight excluding hydrogens is 667 g/mol. The van der Waals surface area contributed by atoms with Gasteiger partial charge in [0.05, 0.1) is 0 Å². The zero-order chi connectivity index (χ0) is 41.4. The lowest BCUT2D eigenvalue weighted by atomic mass is 9.66. The zero-order valence-corrected chi connectivity index (χ0v) is 39.9. The molecule has 4 saturated carbocycles. The van der Waals surface area contributed by atoms with Gasteiger partial charge in [0.2, 0.25) is 0 Å². The van der Waals surface area contributed by atoms with Crippen LogP contribution in [0.4, 0.5) is 8.78 Å². The SMILES string of the molecule is C.CC(C)CC1(C)CCC1.CC(C)CC1(F)CCC1.CC(C)CC1CC(C)(F)C1.CC(C)CC1CCC1.CC(C)CCCN(C)C.CC(C)CCN(C)C. The molecule has 0 unspecified atom stereocenters. The van der Waals surface area contributed by atoms with Crippen LogP contribution in [0.1, 0.15) is 220 Å². The van der Waals surface area contributed by atoms with Crippen LogP contribution in [0.25, 0.3) is 0 Å². The third-order valence-electron chi connectivity index (χ3n) is 11.3. The summed E-state index contributed by atoms with van der Waals surface area (Å²) in [6, 6.07) is 0. The molecule has 0 aromatic heterocycles. The lowest BCUT2D eigenvalue weighted by molar-refractivity contribution is 0.0157. The highest BCUT2D eigenvalue weighted by Gasteiger charge is 2.40. The van der Waals surface area contributed by atoms with Crippen molar-refractivity contribution < 1.29 is 8.78 Å². The molecule has 0 amide bonds. The molecule has 4 fully saturated rings. The summed E-state index contributed by atoms with van der Waals surface area (Å²) in [4.78, 5) is 4.46. The second kappa shape index (κ2) is 30.8. The van der Waals surface area contributed by atoms with Crippen molar-refractivity contribution in [1.82, 2.24) is 9.80 Å². The van der Waals surface area contributed by atoms with E-state index < -0.39 is 11.3 Å². The van der Waals surface area contributed by atoms with E-state index in [4.69, 9.17) is 0 Å². The van der Waals surface area contributed by atoms with Crippen molar-refractivity contribution in [2.24, 2.45) is 52.8 Å². The van der Waals surface area contributed by atoms with Crippen molar-refractivity contribution in [2.75, 3.05) is 41.3 Å². The van der Waals surface area contributed by atoms with Gasteiger partial charge < -0.3 is 9.80 Å². The standard InChI is InChI=1S/C9H17F.C9H18.C8H15F.C8H19N.C8H16.C7H17N.CH4/c1-7(2)4-8-5-9(3,10)6-8;1-8(2)7-9(3)5-4-6-9;1-7(2)6-8(9)4-3-5-8;1-8(2)6-5-7-9(3)4;1-7(2)6-8-4-3-5-8;1-7(2)5-6-8(3)4;/h7-8H,4-6H2,1-3H3;8H,4-7H2,1-3H3;7H,3-6H2,1-2H3;8H,5-7H2,1-4H3;7-8H,3-6H2,1-2H3;7H,5-6H2,1-4H3;1H4. The highest BCUT2D eigenvalue weighted by Crippen LogP contribution is 2.45. The summed E-state index contributed by atoms with van der Waals surface area (Å²) < 4.78 is 26.1. The Morgan fingerprint density at radius 2 is 0.944 bits per heavy atom. The number of alkyl halides is 2. The summed E-state index contributed by atoms with van der Waals surface area (Å²) >= 11 is 0. The fraction of sp³-hybridized carbons (Fsp3) is 1.00.